The zero-order valence-corrected chi connectivity index (χ0v) is 14.9. The molecule has 120 valence electrons. The lowest BCUT2D eigenvalue weighted by molar-refractivity contribution is 0.00578. The highest BCUT2D eigenvalue weighted by Gasteiger charge is 2.52. The second kappa shape index (κ2) is 6.19. The molecule has 0 unspecified atom stereocenters. The van der Waals surface area contributed by atoms with Crippen LogP contribution in [-0.2, 0) is 9.31 Å². The Morgan fingerprint density at radius 1 is 1.14 bits per heavy atom. The van der Waals surface area contributed by atoms with Gasteiger partial charge in [0.25, 0.3) is 0 Å². The lowest BCUT2D eigenvalue weighted by Gasteiger charge is -2.32. The molecule has 0 spiro atoms. The summed E-state index contributed by atoms with van der Waals surface area (Å²) in [6.45, 7) is 13.4. The normalized spacial score (nSPS) is 20.5. The molecule has 1 aromatic rings. The zero-order chi connectivity index (χ0) is 16.5. The van der Waals surface area contributed by atoms with Gasteiger partial charge in [-0.05, 0) is 70.8 Å². The van der Waals surface area contributed by atoms with Crippen LogP contribution < -0.4 is 5.32 Å². The van der Waals surface area contributed by atoms with Crippen LogP contribution in [0.4, 0.5) is 0 Å². The summed E-state index contributed by atoms with van der Waals surface area (Å²) in [5, 5.41) is 3.23. The van der Waals surface area contributed by atoms with Crippen LogP contribution in [0.3, 0.4) is 0 Å². The summed E-state index contributed by atoms with van der Waals surface area (Å²) in [6, 6.07) is 6.37. The Labute approximate surface area is 135 Å². The van der Waals surface area contributed by atoms with E-state index in [9.17, 15) is 0 Å². The standard InChI is InChI=1S/C18H28BNO2/c1-13-9-8-10-15(14(13)2)11-16(12-20-7)19-21-17(3,4)18(5,6)22-19/h8-11,20H,12H2,1-7H3. The number of benzene rings is 1. The number of hydrogen-bond acceptors (Lipinski definition) is 3. The van der Waals surface area contributed by atoms with Gasteiger partial charge in [0.05, 0.1) is 11.2 Å². The predicted molar refractivity (Wildman–Crippen MR) is 93.9 cm³/mol. The molecule has 1 saturated heterocycles. The van der Waals surface area contributed by atoms with E-state index in [1.807, 2.05) is 7.05 Å². The van der Waals surface area contributed by atoms with E-state index in [-0.39, 0.29) is 18.3 Å². The molecule has 1 heterocycles. The Bertz CT molecular complexity index is 562. The number of aryl methyl sites for hydroxylation is 1. The monoisotopic (exact) mass is 301 g/mol. The van der Waals surface area contributed by atoms with Crippen molar-refractivity contribution in [3.05, 3.63) is 40.4 Å². The second-order valence-corrected chi connectivity index (χ2v) is 7.13. The molecular weight excluding hydrogens is 273 g/mol. The maximum atomic E-state index is 6.19. The summed E-state index contributed by atoms with van der Waals surface area (Å²) in [6.07, 6.45) is 2.20. The van der Waals surface area contributed by atoms with Crippen molar-refractivity contribution in [2.45, 2.75) is 52.7 Å². The smallest absolute Gasteiger partial charge is 0.400 e. The minimum atomic E-state index is -0.313. The minimum Gasteiger partial charge on any atom is -0.400 e. The summed E-state index contributed by atoms with van der Waals surface area (Å²) < 4.78 is 12.4. The molecule has 2 rings (SSSR count). The summed E-state index contributed by atoms with van der Waals surface area (Å²) in [5.41, 5.74) is 4.31. The quantitative estimate of drug-likeness (QED) is 0.863. The van der Waals surface area contributed by atoms with Crippen LogP contribution in [0.15, 0.2) is 23.7 Å². The Hall–Kier alpha value is -1.10. The summed E-state index contributed by atoms with van der Waals surface area (Å²) >= 11 is 0. The molecule has 0 saturated carbocycles. The van der Waals surface area contributed by atoms with Crippen molar-refractivity contribution < 1.29 is 9.31 Å². The van der Waals surface area contributed by atoms with E-state index in [1.165, 1.54) is 16.7 Å². The van der Waals surface area contributed by atoms with E-state index < -0.39 is 0 Å². The van der Waals surface area contributed by atoms with Crippen LogP contribution in [0.5, 0.6) is 0 Å². The molecule has 1 aromatic carbocycles. The third-order valence-corrected chi connectivity index (χ3v) is 4.92. The predicted octanol–water partition coefficient (Wildman–Crippen LogP) is 3.54. The van der Waals surface area contributed by atoms with Gasteiger partial charge in [0.2, 0.25) is 0 Å². The number of rotatable bonds is 4. The molecule has 3 nitrogen and oxygen atoms in total. The van der Waals surface area contributed by atoms with Gasteiger partial charge in [0, 0.05) is 6.54 Å². The largest absolute Gasteiger partial charge is 0.491 e. The molecule has 1 aliphatic heterocycles. The highest BCUT2D eigenvalue weighted by Crippen LogP contribution is 2.38. The van der Waals surface area contributed by atoms with Gasteiger partial charge in [0.1, 0.15) is 0 Å². The lowest BCUT2D eigenvalue weighted by atomic mass is 9.76. The van der Waals surface area contributed by atoms with Crippen molar-refractivity contribution in [1.82, 2.24) is 5.32 Å². The zero-order valence-electron chi connectivity index (χ0n) is 14.9. The van der Waals surface area contributed by atoms with Crippen LogP contribution in [0.1, 0.15) is 44.4 Å². The molecule has 4 heteroatoms. The Morgan fingerprint density at radius 3 is 2.27 bits per heavy atom. The molecule has 1 N–H and O–H groups in total. The van der Waals surface area contributed by atoms with Crippen molar-refractivity contribution >= 4 is 13.2 Å². The Kier molecular flexibility index (Phi) is 4.86. The second-order valence-electron chi connectivity index (χ2n) is 7.13. The fourth-order valence-corrected chi connectivity index (χ4v) is 2.53. The van der Waals surface area contributed by atoms with Gasteiger partial charge in [-0.1, -0.05) is 24.3 Å². The fourth-order valence-electron chi connectivity index (χ4n) is 2.53. The maximum absolute atomic E-state index is 6.19. The molecule has 0 radical (unpaired) electrons. The Balaban J connectivity index is 2.35. The molecule has 0 amide bonds. The summed E-state index contributed by atoms with van der Waals surface area (Å²) in [7, 11) is 1.64. The van der Waals surface area contributed by atoms with Gasteiger partial charge >= 0.3 is 7.12 Å². The van der Waals surface area contributed by atoms with Crippen LogP contribution in [0, 0.1) is 13.8 Å². The highest BCUT2D eigenvalue weighted by molar-refractivity contribution is 6.55. The van der Waals surface area contributed by atoms with Crippen LogP contribution >= 0.6 is 0 Å². The van der Waals surface area contributed by atoms with Gasteiger partial charge < -0.3 is 14.6 Å². The first-order chi connectivity index (χ1) is 10.2. The van der Waals surface area contributed by atoms with Gasteiger partial charge in [-0.25, -0.2) is 0 Å². The van der Waals surface area contributed by atoms with Crippen LogP contribution in [0.25, 0.3) is 6.08 Å². The van der Waals surface area contributed by atoms with Gasteiger partial charge in [-0.15, -0.1) is 0 Å². The van der Waals surface area contributed by atoms with Crippen molar-refractivity contribution in [1.29, 1.82) is 0 Å². The van der Waals surface area contributed by atoms with E-state index in [0.29, 0.717) is 0 Å². The van der Waals surface area contributed by atoms with Crippen molar-refractivity contribution in [3.8, 4) is 0 Å². The topological polar surface area (TPSA) is 30.5 Å². The number of likely N-dealkylation sites (N-methyl/N-ethyl adjacent to an activating group) is 1. The van der Waals surface area contributed by atoms with Crippen molar-refractivity contribution in [3.63, 3.8) is 0 Å². The first-order valence-electron chi connectivity index (χ1n) is 7.95. The SMILES string of the molecule is CNCC(=Cc1cccc(C)c1C)B1OC(C)(C)C(C)(C)O1. The average molecular weight is 301 g/mol. The van der Waals surface area contributed by atoms with Crippen LogP contribution in [0.2, 0.25) is 0 Å². The highest BCUT2D eigenvalue weighted by atomic mass is 16.7. The van der Waals surface area contributed by atoms with Crippen molar-refractivity contribution in [2.75, 3.05) is 13.6 Å². The Morgan fingerprint density at radius 2 is 1.73 bits per heavy atom. The molecule has 0 aromatic heterocycles. The molecule has 0 bridgehead atoms. The first-order valence-corrected chi connectivity index (χ1v) is 7.95. The molecule has 0 aliphatic carbocycles. The third kappa shape index (κ3) is 3.29. The van der Waals surface area contributed by atoms with E-state index >= 15 is 0 Å². The molecule has 0 atom stereocenters. The maximum Gasteiger partial charge on any atom is 0.491 e. The summed E-state index contributed by atoms with van der Waals surface area (Å²) in [4.78, 5) is 0. The number of nitrogens with one attached hydrogen (secondary N) is 1. The first kappa shape index (κ1) is 17.3. The third-order valence-electron chi connectivity index (χ3n) is 4.92. The average Bonchev–Trinajstić information content (AvgIpc) is 2.63. The minimum absolute atomic E-state index is 0.308. The van der Waals surface area contributed by atoms with Crippen molar-refractivity contribution in [2.24, 2.45) is 0 Å². The van der Waals surface area contributed by atoms with Gasteiger partial charge in [-0.3, -0.25) is 0 Å². The molecule has 22 heavy (non-hydrogen) atoms. The van der Waals surface area contributed by atoms with Crippen LogP contribution in [-0.4, -0.2) is 31.9 Å². The van der Waals surface area contributed by atoms with Gasteiger partial charge in [-0.2, -0.15) is 0 Å². The van der Waals surface area contributed by atoms with Gasteiger partial charge in [0.15, 0.2) is 0 Å². The lowest BCUT2D eigenvalue weighted by Crippen LogP contribution is -2.41. The van der Waals surface area contributed by atoms with E-state index in [1.54, 1.807) is 0 Å². The molecule has 1 aliphatic rings. The molecular formula is C18H28BNO2. The fraction of sp³-hybridized carbons (Fsp3) is 0.556. The molecule has 1 fully saturated rings. The van der Waals surface area contributed by atoms with E-state index in [2.05, 4.69) is 71.1 Å². The van der Waals surface area contributed by atoms with E-state index in [4.69, 9.17) is 9.31 Å². The van der Waals surface area contributed by atoms with E-state index in [0.717, 1.165) is 12.0 Å². The number of hydrogen-bond donors (Lipinski definition) is 1. The summed E-state index contributed by atoms with van der Waals surface area (Å²) in [5.74, 6) is 0.